The smallest absolute Gasteiger partial charge is 0.266 e. The molecule has 0 bridgehead atoms. The number of hydrogen-bond acceptors (Lipinski definition) is 5. The van der Waals surface area contributed by atoms with Crippen LogP contribution in [-0.2, 0) is 17.6 Å². The van der Waals surface area contributed by atoms with Crippen molar-refractivity contribution < 1.29 is 14.3 Å². The number of anilines is 1. The highest BCUT2D eigenvalue weighted by atomic mass is 32.1. The van der Waals surface area contributed by atoms with Crippen LogP contribution in [0.2, 0.25) is 0 Å². The molecular weight excluding hydrogens is 428 g/mol. The van der Waals surface area contributed by atoms with E-state index in [2.05, 4.69) is 26.1 Å². The van der Waals surface area contributed by atoms with E-state index in [1.165, 1.54) is 16.2 Å². The summed E-state index contributed by atoms with van der Waals surface area (Å²) >= 11 is 3.01. The molecule has 2 aromatic heterocycles. The van der Waals surface area contributed by atoms with Crippen molar-refractivity contribution in [3.63, 3.8) is 0 Å². The van der Waals surface area contributed by atoms with Gasteiger partial charge in [0.2, 0.25) is 0 Å². The average Bonchev–Trinajstić information content (AvgIpc) is 3.33. The van der Waals surface area contributed by atoms with Crippen molar-refractivity contribution in [1.82, 2.24) is 4.90 Å². The fraction of sp³-hybridized carbons (Fsp3) is 0.583. The van der Waals surface area contributed by atoms with E-state index in [9.17, 15) is 9.59 Å². The summed E-state index contributed by atoms with van der Waals surface area (Å²) in [6.07, 6.45) is 2.95. The first-order chi connectivity index (χ1) is 14.6. The highest BCUT2D eigenvalue weighted by Crippen LogP contribution is 2.45. The van der Waals surface area contributed by atoms with E-state index >= 15 is 0 Å². The summed E-state index contributed by atoms with van der Waals surface area (Å²) in [5.41, 5.74) is 2.07. The molecule has 3 atom stereocenters. The van der Waals surface area contributed by atoms with E-state index in [0.29, 0.717) is 34.4 Å². The topological polar surface area (TPSA) is 58.6 Å². The van der Waals surface area contributed by atoms with Crippen LogP contribution in [0.15, 0.2) is 17.5 Å². The first kappa shape index (κ1) is 22.5. The zero-order valence-electron chi connectivity index (χ0n) is 19.0. The van der Waals surface area contributed by atoms with Crippen molar-refractivity contribution in [2.45, 2.75) is 66.1 Å². The number of fused-ring (bicyclic) bond motifs is 1. The van der Waals surface area contributed by atoms with Crippen LogP contribution >= 0.6 is 22.7 Å². The summed E-state index contributed by atoms with van der Waals surface area (Å²) in [4.78, 5) is 30.4. The predicted octanol–water partition coefficient (Wildman–Crippen LogP) is 5.46. The summed E-state index contributed by atoms with van der Waals surface area (Å²) in [6.45, 7) is 12.0. The molecule has 0 unspecified atom stereocenters. The van der Waals surface area contributed by atoms with Crippen LogP contribution in [0.5, 0.6) is 0 Å². The predicted molar refractivity (Wildman–Crippen MR) is 127 cm³/mol. The van der Waals surface area contributed by atoms with E-state index in [1.807, 2.05) is 36.3 Å². The number of rotatable bonds is 3. The maximum atomic E-state index is 13.7. The SMILES string of the molecule is C[C@@H]1CN(C(=O)c2c(NC(=O)c3cccs3)sc3c2CC[C@@H](C(C)(C)C)C3)C[C@H](C)O1. The van der Waals surface area contributed by atoms with Crippen LogP contribution < -0.4 is 5.32 Å². The number of carbonyl (C=O) groups excluding carboxylic acids is 2. The van der Waals surface area contributed by atoms with E-state index in [4.69, 9.17) is 4.74 Å². The number of ether oxygens (including phenoxy) is 1. The molecule has 2 aromatic rings. The fourth-order valence-corrected chi connectivity index (χ4v) is 6.65. The molecule has 0 aromatic carbocycles. The van der Waals surface area contributed by atoms with Crippen molar-refractivity contribution >= 4 is 39.5 Å². The van der Waals surface area contributed by atoms with Gasteiger partial charge in [-0.15, -0.1) is 22.7 Å². The number of amides is 2. The zero-order chi connectivity index (χ0) is 22.3. The third kappa shape index (κ3) is 4.73. The number of carbonyl (C=O) groups is 2. The van der Waals surface area contributed by atoms with Gasteiger partial charge in [-0.05, 0) is 61.5 Å². The normalized spacial score (nSPS) is 24.0. The van der Waals surface area contributed by atoms with Crippen molar-refractivity contribution in [3.05, 3.63) is 38.4 Å². The second-order valence-electron chi connectivity index (χ2n) is 9.91. The Kier molecular flexibility index (Phi) is 6.30. The number of morpholine rings is 1. The molecule has 31 heavy (non-hydrogen) atoms. The number of hydrogen-bond donors (Lipinski definition) is 1. The van der Waals surface area contributed by atoms with Gasteiger partial charge in [-0.2, -0.15) is 0 Å². The van der Waals surface area contributed by atoms with Crippen molar-refractivity contribution in [3.8, 4) is 0 Å². The largest absolute Gasteiger partial charge is 0.372 e. The average molecular weight is 461 g/mol. The van der Waals surface area contributed by atoms with Gasteiger partial charge in [-0.3, -0.25) is 9.59 Å². The lowest BCUT2D eigenvalue weighted by atomic mass is 9.72. The van der Waals surface area contributed by atoms with Crippen LogP contribution in [0.25, 0.3) is 0 Å². The minimum absolute atomic E-state index is 0.0107. The van der Waals surface area contributed by atoms with Crippen molar-refractivity contribution in [2.75, 3.05) is 18.4 Å². The molecular formula is C24H32N2O3S2. The van der Waals surface area contributed by atoms with Crippen molar-refractivity contribution in [1.29, 1.82) is 0 Å². The molecule has 0 radical (unpaired) electrons. The lowest BCUT2D eigenvalue weighted by Crippen LogP contribution is -2.48. The number of thiophene rings is 2. The minimum Gasteiger partial charge on any atom is -0.372 e. The molecule has 1 saturated heterocycles. The molecule has 1 aliphatic heterocycles. The van der Waals surface area contributed by atoms with E-state index in [1.54, 1.807) is 11.3 Å². The van der Waals surface area contributed by atoms with Gasteiger partial charge in [0.25, 0.3) is 11.8 Å². The minimum atomic E-state index is -0.140. The second-order valence-corrected chi connectivity index (χ2v) is 12.0. The maximum absolute atomic E-state index is 13.7. The van der Waals surface area contributed by atoms with Crippen molar-refractivity contribution in [2.24, 2.45) is 11.3 Å². The Labute approximate surface area is 192 Å². The van der Waals surface area contributed by atoms with Gasteiger partial charge in [0.15, 0.2) is 0 Å². The first-order valence-corrected chi connectivity index (χ1v) is 12.8. The van der Waals surface area contributed by atoms with Gasteiger partial charge >= 0.3 is 0 Å². The molecule has 1 N–H and O–H groups in total. The first-order valence-electron chi connectivity index (χ1n) is 11.1. The molecule has 1 fully saturated rings. The third-order valence-electron chi connectivity index (χ3n) is 6.38. The summed E-state index contributed by atoms with van der Waals surface area (Å²) in [5.74, 6) is 0.458. The number of nitrogens with zero attached hydrogens (tertiary/aromatic N) is 1. The molecule has 2 aliphatic rings. The van der Waals surface area contributed by atoms with Crippen LogP contribution in [0, 0.1) is 11.3 Å². The highest BCUT2D eigenvalue weighted by Gasteiger charge is 2.36. The Morgan fingerprint density at radius 2 is 1.90 bits per heavy atom. The highest BCUT2D eigenvalue weighted by molar-refractivity contribution is 7.17. The molecule has 2 amide bonds. The van der Waals surface area contributed by atoms with Crippen LogP contribution in [-0.4, -0.2) is 42.0 Å². The summed E-state index contributed by atoms with van der Waals surface area (Å²) in [7, 11) is 0. The van der Waals surface area contributed by atoms with Crippen LogP contribution in [0.3, 0.4) is 0 Å². The van der Waals surface area contributed by atoms with E-state index in [0.717, 1.165) is 24.8 Å². The lowest BCUT2D eigenvalue weighted by molar-refractivity contribution is -0.0586. The molecule has 4 rings (SSSR count). The van der Waals surface area contributed by atoms with Gasteiger partial charge < -0.3 is 15.0 Å². The monoisotopic (exact) mass is 460 g/mol. The zero-order valence-corrected chi connectivity index (χ0v) is 20.6. The Balaban J connectivity index is 1.69. The number of nitrogens with one attached hydrogen (secondary N) is 1. The Morgan fingerprint density at radius 1 is 1.19 bits per heavy atom. The second kappa shape index (κ2) is 8.68. The molecule has 3 heterocycles. The quantitative estimate of drug-likeness (QED) is 0.661. The van der Waals surface area contributed by atoms with Gasteiger partial charge in [0.1, 0.15) is 5.00 Å². The fourth-order valence-electron chi connectivity index (χ4n) is 4.71. The van der Waals surface area contributed by atoms with E-state index < -0.39 is 0 Å². The van der Waals surface area contributed by atoms with Gasteiger partial charge in [0, 0.05) is 18.0 Å². The maximum Gasteiger partial charge on any atom is 0.266 e. The third-order valence-corrected chi connectivity index (χ3v) is 8.42. The van der Waals surface area contributed by atoms with Gasteiger partial charge in [-0.1, -0.05) is 26.8 Å². The summed E-state index contributed by atoms with van der Waals surface area (Å²) in [6, 6.07) is 3.69. The Morgan fingerprint density at radius 3 is 2.52 bits per heavy atom. The molecule has 5 nitrogen and oxygen atoms in total. The summed E-state index contributed by atoms with van der Waals surface area (Å²) < 4.78 is 5.83. The summed E-state index contributed by atoms with van der Waals surface area (Å²) in [5, 5.41) is 5.67. The van der Waals surface area contributed by atoms with Gasteiger partial charge in [0.05, 0.1) is 22.6 Å². The van der Waals surface area contributed by atoms with Crippen LogP contribution in [0.4, 0.5) is 5.00 Å². The Hall–Kier alpha value is -1.70. The Bertz CT molecular complexity index is 948. The van der Waals surface area contributed by atoms with Crippen LogP contribution in [0.1, 0.15) is 71.5 Å². The molecule has 168 valence electrons. The van der Waals surface area contributed by atoms with Gasteiger partial charge in [-0.25, -0.2) is 0 Å². The molecule has 1 aliphatic carbocycles. The lowest BCUT2D eigenvalue weighted by Gasteiger charge is -2.36. The standard InChI is InChI=1S/C24H32N2O3S2/c1-14-12-26(13-15(2)29-14)23(28)20-17-9-8-16(24(3,4)5)11-19(17)31-22(20)25-21(27)18-7-6-10-30-18/h6-7,10,14-16H,8-9,11-13H2,1-5H3,(H,25,27)/t14-,15+,16-/m1/s1. The van der Waals surface area contributed by atoms with E-state index in [-0.39, 0.29) is 29.4 Å². The molecule has 0 saturated carbocycles. The molecule has 7 heteroatoms. The molecule has 0 spiro atoms.